The topological polar surface area (TPSA) is 15.3 Å². The average molecular weight is 252 g/mol. The number of hydrogen-bond acceptors (Lipinski definition) is 2. The molecule has 0 bridgehead atoms. The summed E-state index contributed by atoms with van der Waals surface area (Å²) >= 11 is 0. The average Bonchev–Trinajstić information content (AvgIpc) is 2.81. The molecule has 1 heterocycles. The fourth-order valence-electron chi connectivity index (χ4n) is 3.76. The van der Waals surface area contributed by atoms with E-state index in [1.165, 1.54) is 64.7 Å². The normalized spacial score (nSPS) is 25.2. The lowest BCUT2D eigenvalue weighted by molar-refractivity contribution is 0.0851. The molecule has 1 saturated carbocycles. The van der Waals surface area contributed by atoms with Crippen LogP contribution in [0.2, 0.25) is 0 Å². The highest BCUT2D eigenvalue weighted by Gasteiger charge is 2.32. The van der Waals surface area contributed by atoms with E-state index < -0.39 is 0 Å². The SMILES string of the molecule is CC(C)CN(CC1(C)CCNCC1)C1CCCC1. The standard InChI is InChI=1S/C16H32N2/c1-14(2)12-18(15-6-4-5-7-15)13-16(3)8-10-17-11-9-16/h14-15,17H,4-13H2,1-3H3. The maximum Gasteiger partial charge on any atom is 0.00956 e. The summed E-state index contributed by atoms with van der Waals surface area (Å²) in [6, 6.07) is 0.888. The first kappa shape index (κ1) is 14.3. The van der Waals surface area contributed by atoms with Crippen LogP contribution < -0.4 is 5.32 Å². The fraction of sp³-hybridized carbons (Fsp3) is 1.00. The molecule has 2 heteroatoms. The van der Waals surface area contributed by atoms with Gasteiger partial charge in [0.25, 0.3) is 0 Å². The Morgan fingerprint density at radius 3 is 2.33 bits per heavy atom. The van der Waals surface area contributed by atoms with E-state index in [0.29, 0.717) is 5.41 Å². The minimum atomic E-state index is 0.558. The molecule has 0 unspecified atom stereocenters. The molecule has 0 radical (unpaired) electrons. The van der Waals surface area contributed by atoms with Gasteiger partial charge in [0.05, 0.1) is 0 Å². The minimum Gasteiger partial charge on any atom is -0.317 e. The van der Waals surface area contributed by atoms with Crippen LogP contribution in [0.5, 0.6) is 0 Å². The second-order valence-electron chi connectivity index (χ2n) is 7.32. The lowest BCUT2D eigenvalue weighted by atomic mass is 9.80. The van der Waals surface area contributed by atoms with Crippen LogP contribution in [-0.2, 0) is 0 Å². The lowest BCUT2D eigenvalue weighted by Gasteiger charge is -2.41. The van der Waals surface area contributed by atoms with E-state index >= 15 is 0 Å². The van der Waals surface area contributed by atoms with Crippen molar-refractivity contribution in [1.82, 2.24) is 10.2 Å². The lowest BCUT2D eigenvalue weighted by Crippen LogP contribution is -2.47. The Morgan fingerprint density at radius 2 is 1.78 bits per heavy atom. The molecule has 0 amide bonds. The predicted octanol–water partition coefficient (Wildman–Crippen LogP) is 3.28. The largest absolute Gasteiger partial charge is 0.317 e. The number of nitrogens with one attached hydrogen (secondary N) is 1. The monoisotopic (exact) mass is 252 g/mol. The first-order valence-corrected chi connectivity index (χ1v) is 8.04. The molecule has 1 N–H and O–H groups in total. The van der Waals surface area contributed by atoms with E-state index in [2.05, 4.69) is 31.0 Å². The van der Waals surface area contributed by atoms with E-state index in [1.807, 2.05) is 0 Å². The van der Waals surface area contributed by atoms with Gasteiger partial charge in [-0.1, -0.05) is 33.6 Å². The first-order valence-electron chi connectivity index (χ1n) is 8.04. The van der Waals surface area contributed by atoms with Crippen molar-refractivity contribution in [3.05, 3.63) is 0 Å². The Balaban J connectivity index is 1.94. The molecule has 0 atom stereocenters. The summed E-state index contributed by atoms with van der Waals surface area (Å²) in [6.45, 7) is 12.3. The first-order chi connectivity index (χ1) is 8.59. The van der Waals surface area contributed by atoms with Crippen molar-refractivity contribution in [1.29, 1.82) is 0 Å². The molecular weight excluding hydrogens is 220 g/mol. The van der Waals surface area contributed by atoms with Crippen molar-refractivity contribution in [3.63, 3.8) is 0 Å². The van der Waals surface area contributed by atoms with Crippen molar-refractivity contribution in [2.75, 3.05) is 26.2 Å². The number of rotatable bonds is 5. The number of hydrogen-bond donors (Lipinski definition) is 1. The van der Waals surface area contributed by atoms with Gasteiger partial charge in [0.15, 0.2) is 0 Å². The Hall–Kier alpha value is -0.0800. The zero-order valence-electron chi connectivity index (χ0n) is 12.7. The molecule has 1 aliphatic carbocycles. The smallest absolute Gasteiger partial charge is 0.00956 e. The number of piperidine rings is 1. The van der Waals surface area contributed by atoms with Crippen molar-refractivity contribution >= 4 is 0 Å². The zero-order valence-corrected chi connectivity index (χ0v) is 12.7. The van der Waals surface area contributed by atoms with E-state index in [9.17, 15) is 0 Å². The molecule has 106 valence electrons. The van der Waals surface area contributed by atoms with Crippen LogP contribution >= 0.6 is 0 Å². The van der Waals surface area contributed by atoms with Crippen LogP contribution in [0.15, 0.2) is 0 Å². The Kier molecular flexibility index (Phi) is 5.08. The van der Waals surface area contributed by atoms with Gasteiger partial charge in [-0.15, -0.1) is 0 Å². The van der Waals surface area contributed by atoms with Gasteiger partial charge in [0.2, 0.25) is 0 Å². The second kappa shape index (κ2) is 6.38. The van der Waals surface area contributed by atoms with Gasteiger partial charge < -0.3 is 5.32 Å². The molecular formula is C16H32N2. The van der Waals surface area contributed by atoms with Crippen molar-refractivity contribution < 1.29 is 0 Å². The van der Waals surface area contributed by atoms with Crippen LogP contribution in [0.3, 0.4) is 0 Å². The van der Waals surface area contributed by atoms with Crippen molar-refractivity contribution in [2.45, 2.75) is 65.3 Å². The molecule has 2 fully saturated rings. The minimum absolute atomic E-state index is 0.558. The molecule has 2 nitrogen and oxygen atoms in total. The van der Waals surface area contributed by atoms with E-state index in [0.717, 1.165) is 12.0 Å². The van der Waals surface area contributed by atoms with Gasteiger partial charge in [0, 0.05) is 19.1 Å². The Morgan fingerprint density at radius 1 is 1.17 bits per heavy atom. The van der Waals surface area contributed by atoms with Gasteiger partial charge in [-0.2, -0.15) is 0 Å². The van der Waals surface area contributed by atoms with E-state index in [4.69, 9.17) is 0 Å². The Labute approximate surface area is 114 Å². The van der Waals surface area contributed by atoms with E-state index in [1.54, 1.807) is 0 Å². The van der Waals surface area contributed by atoms with Gasteiger partial charge in [-0.25, -0.2) is 0 Å². The highest BCUT2D eigenvalue weighted by atomic mass is 15.2. The third-order valence-electron chi connectivity index (χ3n) is 4.84. The third kappa shape index (κ3) is 3.96. The highest BCUT2D eigenvalue weighted by Crippen LogP contribution is 2.33. The molecule has 2 aliphatic rings. The summed E-state index contributed by atoms with van der Waals surface area (Å²) in [4.78, 5) is 2.84. The number of nitrogens with zero attached hydrogens (tertiary/aromatic N) is 1. The van der Waals surface area contributed by atoms with Crippen molar-refractivity contribution in [2.24, 2.45) is 11.3 Å². The van der Waals surface area contributed by atoms with Gasteiger partial charge in [-0.05, 0) is 50.1 Å². The maximum atomic E-state index is 3.50. The summed E-state index contributed by atoms with van der Waals surface area (Å²) in [7, 11) is 0. The molecule has 18 heavy (non-hydrogen) atoms. The van der Waals surface area contributed by atoms with Crippen LogP contribution in [0.25, 0.3) is 0 Å². The zero-order chi connectivity index (χ0) is 13.0. The fourth-order valence-corrected chi connectivity index (χ4v) is 3.76. The summed E-state index contributed by atoms with van der Waals surface area (Å²) in [5, 5.41) is 3.50. The maximum absolute atomic E-state index is 3.50. The van der Waals surface area contributed by atoms with Crippen molar-refractivity contribution in [3.8, 4) is 0 Å². The van der Waals surface area contributed by atoms with Crippen LogP contribution in [-0.4, -0.2) is 37.1 Å². The molecule has 0 aromatic carbocycles. The summed E-state index contributed by atoms with van der Waals surface area (Å²) in [5.74, 6) is 0.802. The summed E-state index contributed by atoms with van der Waals surface area (Å²) < 4.78 is 0. The molecule has 0 aromatic heterocycles. The molecule has 0 aromatic rings. The van der Waals surface area contributed by atoms with Gasteiger partial charge >= 0.3 is 0 Å². The molecule has 1 saturated heterocycles. The van der Waals surface area contributed by atoms with E-state index in [-0.39, 0.29) is 0 Å². The van der Waals surface area contributed by atoms with Gasteiger partial charge in [0.1, 0.15) is 0 Å². The molecule has 2 rings (SSSR count). The molecule has 0 spiro atoms. The Bertz CT molecular complexity index is 237. The molecule has 1 aliphatic heterocycles. The highest BCUT2D eigenvalue weighted by molar-refractivity contribution is 4.87. The quantitative estimate of drug-likeness (QED) is 0.808. The summed E-state index contributed by atoms with van der Waals surface area (Å²) in [6.07, 6.45) is 8.51. The summed E-state index contributed by atoms with van der Waals surface area (Å²) in [5.41, 5.74) is 0.558. The van der Waals surface area contributed by atoms with Crippen LogP contribution in [0.4, 0.5) is 0 Å². The van der Waals surface area contributed by atoms with Crippen LogP contribution in [0.1, 0.15) is 59.3 Å². The van der Waals surface area contributed by atoms with Crippen LogP contribution in [0, 0.1) is 11.3 Å². The third-order valence-corrected chi connectivity index (χ3v) is 4.84. The second-order valence-corrected chi connectivity index (χ2v) is 7.32. The predicted molar refractivity (Wildman–Crippen MR) is 78.9 cm³/mol. The van der Waals surface area contributed by atoms with Gasteiger partial charge in [-0.3, -0.25) is 4.90 Å².